The molecule has 6 nitrogen and oxygen atoms in total. The average Bonchev–Trinajstić information content (AvgIpc) is 3.08. The minimum atomic E-state index is -0.0709. The molecule has 0 atom stereocenters. The van der Waals surface area contributed by atoms with E-state index in [4.69, 9.17) is 16.3 Å². The van der Waals surface area contributed by atoms with Crippen molar-refractivity contribution >= 4 is 28.5 Å². The molecular formula is C15H11ClN4O2. The first-order valence-electron chi connectivity index (χ1n) is 6.67. The number of carbonyl (C=O) groups is 1. The van der Waals surface area contributed by atoms with Crippen molar-refractivity contribution in [1.29, 1.82) is 0 Å². The summed E-state index contributed by atoms with van der Waals surface area (Å²) in [5.74, 6) is 0.893. The van der Waals surface area contributed by atoms with Gasteiger partial charge in [0.2, 0.25) is 5.88 Å². The van der Waals surface area contributed by atoms with Gasteiger partial charge in [0.1, 0.15) is 5.82 Å². The van der Waals surface area contributed by atoms with E-state index in [0.29, 0.717) is 39.9 Å². The molecule has 2 aromatic heterocycles. The Balaban J connectivity index is 1.93. The number of amides is 1. The maximum atomic E-state index is 11.7. The number of nitrogens with zero attached hydrogens (tertiary/aromatic N) is 2. The van der Waals surface area contributed by atoms with Gasteiger partial charge in [-0.15, -0.1) is 0 Å². The zero-order chi connectivity index (χ0) is 15.3. The Hall–Kier alpha value is -2.60. The fourth-order valence-electron chi connectivity index (χ4n) is 2.64. The van der Waals surface area contributed by atoms with E-state index in [1.54, 1.807) is 18.3 Å². The van der Waals surface area contributed by atoms with Crippen molar-refractivity contribution in [1.82, 2.24) is 20.3 Å². The van der Waals surface area contributed by atoms with E-state index in [1.807, 2.05) is 6.07 Å². The number of halogens is 1. The third-order valence-corrected chi connectivity index (χ3v) is 4.00. The van der Waals surface area contributed by atoms with Crippen LogP contribution in [0.4, 0.5) is 0 Å². The Morgan fingerprint density at radius 2 is 2.23 bits per heavy atom. The number of aromatic nitrogens is 3. The van der Waals surface area contributed by atoms with Crippen LogP contribution in [0.5, 0.6) is 5.88 Å². The van der Waals surface area contributed by atoms with Gasteiger partial charge in [0.25, 0.3) is 5.91 Å². The highest BCUT2D eigenvalue weighted by atomic mass is 35.5. The quantitative estimate of drug-likeness (QED) is 0.761. The molecule has 3 aromatic rings. The van der Waals surface area contributed by atoms with E-state index < -0.39 is 0 Å². The molecule has 1 aliphatic heterocycles. The third kappa shape index (κ3) is 1.84. The second-order valence-corrected chi connectivity index (χ2v) is 5.38. The van der Waals surface area contributed by atoms with Crippen LogP contribution < -0.4 is 10.1 Å². The molecule has 1 amide bonds. The fraction of sp³-hybridized carbons (Fsp3) is 0.133. The minimum absolute atomic E-state index is 0.0709. The smallest absolute Gasteiger partial charge is 0.251 e. The Morgan fingerprint density at radius 1 is 1.36 bits per heavy atom. The first kappa shape index (κ1) is 13.1. The van der Waals surface area contributed by atoms with Crippen molar-refractivity contribution in [3.8, 4) is 17.3 Å². The van der Waals surface area contributed by atoms with E-state index in [1.165, 1.54) is 7.11 Å². The number of methoxy groups -OCH3 is 1. The molecule has 3 heterocycles. The summed E-state index contributed by atoms with van der Waals surface area (Å²) in [5.41, 5.74) is 3.76. The Morgan fingerprint density at radius 3 is 3.05 bits per heavy atom. The largest absolute Gasteiger partial charge is 0.480 e. The van der Waals surface area contributed by atoms with Crippen LogP contribution in [0.3, 0.4) is 0 Å². The van der Waals surface area contributed by atoms with Gasteiger partial charge in [-0.1, -0.05) is 11.6 Å². The molecule has 0 fully saturated rings. The number of imidazole rings is 1. The lowest BCUT2D eigenvalue weighted by Crippen LogP contribution is -2.12. The second-order valence-electron chi connectivity index (χ2n) is 4.97. The molecule has 22 heavy (non-hydrogen) atoms. The molecular weight excluding hydrogens is 304 g/mol. The Labute approximate surface area is 130 Å². The maximum Gasteiger partial charge on any atom is 0.251 e. The van der Waals surface area contributed by atoms with Crippen molar-refractivity contribution in [2.24, 2.45) is 0 Å². The summed E-state index contributed by atoms with van der Waals surface area (Å²) in [6, 6.07) is 5.39. The third-order valence-electron chi connectivity index (χ3n) is 3.69. The van der Waals surface area contributed by atoms with Crippen LogP contribution in [-0.4, -0.2) is 28.0 Å². The molecule has 1 aromatic carbocycles. The van der Waals surface area contributed by atoms with Crippen LogP contribution in [0.1, 0.15) is 15.9 Å². The summed E-state index contributed by atoms with van der Waals surface area (Å²) in [6.07, 6.45) is 1.58. The summed E-state index contributed by atoms with van der Waals surface area (Å²) in [5, 5.41) is 3.29. The molecule has 110 valence electrons. The van der Waals surface area contributed by atoms with E-state index in [2.05, 4.69) is 20.3 Å². The van der Waals surface area contributed by atoms with Crippen LogP contribution in [0.25, 0.3) is 22.4 Å². The normalized spacial score (nSPS) is 13.3. The predicted octanol–water partition coefficient (Wildman–Crippen LogP) is 2.53. The SMILES string of the molecule is COc1nccc(Cl)c1-c1nc2cc3c(cc2[nH]1)CNC3=O. The molecule has 4 rings (SSSR count). The molecule has 0 spiro atoms. The number of carbonyl (C=O) groups excluding carboxylic acids is 1. The van der Waals surface area contributed by atoms with Crippen molar-refractivity contribution in [3.63, 3.8) is 0 Å². The lowest BCUT2D eigenvalue weighted by molar-refractivity contribution is 0.0966. The predicted molar refractivity (Wildman–Crippen MR) is 82.1 cm³/mol. The van der Waals surface area contributed by atoms with Crippen LogP contribution in [0.2, 0.25) is 5.02 Å². The number of hydrogen-bond donors (Lipinski definition) is 2. The van der Waals surface area contributed by atoms with Gasteiger partial charge in [0.15, 0.2) is 0 Å². The highest BCUT2D eigenvalue weighted by molar-refractivity contribution is 6.33. The number of fused-ring (bicyclic) bond motifs is 2. The zero-order valence-electron chi connectivity index (χ0n) is 11.6. The number of rotatable bonds is 2. The Kier molecular flexibility index (Phi) is 2.80. The maximum absolute atomic E-state index is 11.7. The number of nitrogens with one attached hydrogen (secondary N) is 2. The molecule has 0 unspecified atom stereocenters. The number of hydrogen-bond acceptors (Lipinski definition) is 4. The fourth-order valence-corrected chi connectivity index (χ4v) is 2.86. The van der Waals surface area contributed by atoms with Crippen molar-refractivity contribution in [2.75, 3.05) is 7.11 Å². The first-order valence-corrected chi connectivity index (χ1v) is 7.05. The van der Waals surface area contributed by atoms with E-state index in [0.717, 1.165) is 11.1 Å². The standard InChI is InChI=1S/C15H11ClN4O2/c1-22-15-12(9(16)2-3-17-15)13-19-10-4-7-6-18-14(21)8(7)5-11(10)20-13/h2-5H,6H2,1H3,(H,18,21)(H,19,20). The zero-order valence-corrected chi connectivity index (χ0v) is 12.4. The molecule has 1 aliphatic rings. The van der Waals surface area contributed by atoms with Crippen LogP contribution in [0, 0.1) is 0 Å². The van der Waals surface area contributed by atoms with E-state index >= 15 is 0 Å². The number of ether oxygens (including phenoxy) is 1. The summed E-state index contributed by atoms with van der Waals surface area (Å²) in [6.45, 7) is 0.537. The lowest BCUT2D eigenvalue weighted by atomic mass is 10.1. The topological polar surface area (TPSA) is 79.9 Å². The van der Waals surface area contributed by atoms with Crippen LogP contribution in [0.15, 0.2) is 24.4 Å². The van der Waals surface area contributed by atoms with Gasteiger partial charge < -0.3 is 15.0 Å². The van der Waals surface area contributed by atoms with Gasteiger partial charge in [-0.25, -0.2) is 9.97 Å². The van der Waals surface area contributed by atoms with E-state index in [-0.39, 0.29) is 5.91 Å². The van der Waals surface area contributed by atoms with Gasteiger partial charge in [-0.05, 0) is 23.8 Å². The molecule has 2 N–H and O–H groups in total. The average molecular weight is 315 g/mol. The van der Waals surface area contributed by atoms with E-state index in [9.17, 15) is 4.79 Å². The minimum Gasteiger partial charge on any atom is -0.480 e. The number of pyridine rings is 1. The van der Waals surface area contributed by atoms with Gasteiger partial charge in [-0.2, -0.15) is 0 Å². The second kappa shape index (κ2) is 4.71. The Bertz CT molecular complexity index is 919. The highest BCUT2D eigenvalue weighted by Gasteiger charge is 2.22. The molecule has 7 heteroatoms. The highest BCUT2D eigenvalue weighted by Crippen LogP contribution is 2.34. The van der Waals surface area contributed by atoms with Crippen molar-refractivity contribution in [3.05, 3.63) is 40.5 Å². The van der Waals surface area contributed by atoms with Crippen LogP contribution in [-0.2, 0) is 6.54 Å². The monoisotopic (exact) mass is 314 g/mol. The van der Waals surface area contributed by atoms with Gasteiger partial charge >= 0.3 is 0 Å². The number of aromatic amines is 1. The molecule has 0 saturated heterocycles. The molecule has 0 saturated carbocycles. The summed E-state index contributed by atoms with van der Waals surface area (Å²) in [4.78, 5) is 23.6. The lowest BCUT2D eigenvalue weighted by Gasteiger charge is -2.05. The van der Waals surface area contributed by atoms with Gasteiger partial charge in [0.05, 0.1) is 28.7 Å². The number of H-pyrrole nitrogens is 1. The summed E-state index contributed by atoms with van der Waals surface area (Å²) >= 11 is 6.25. The van der Waals surface area contributed by atoms with Crippen molar-refractivity contribution in [2.45, 2.75) is 6.54 Å². The molecule has 0 radical (unpaired) electrons. The molecule has 0 bridgehead atoms. The first-order chi connectivity index (χ1) is 10.7. The van der Waals surface area contributed by atoms with Crippen LogP contribution >= 0.6 is 11.6 Å². The summed E-state index contributed by atoms with van der Waals surface area (Å²) < 4.78 is 5.25. The van der Waals surface area contributed by atoms with Gasteiger partial charge in [0, 0.05) is 18.3 Å². The van der Waals surface area contributed by atoms with Crippen molar-refractivity contribution < 1.29 is 9.53 Å². The van der Waals surface area contributed by atoms with Gasteiger partial charge in [-0.3, -0.25) is 4.79 Å². The molecule has 0 aliphatic carbocycles. The number of benzene rings is 1. The summed E-state index contributed by atoms with van der Waals surface area (Å²) in [7, 11) is 1.53.